The highest BCUT2D eigenvalue weighted by Crippen LogP contribution is 2.12. The van der Waals surface area contributed by atoms with E-state index in [4.69, 9.17) is 0 Å². The molecule has 1 atom stereocenters. The van der Waals surface area contributed by atoms with E-state index in [-0.39, 0.29) is 17.9 Å². The van der Waals surface area contributed by atoms with E-state index in [1.165, 1.54) is 43.4 Å². The van der Waals surface area contributed by atoms with Gasteiger partial charge in [-0.2, -0.15) is 0 Å². The van der Waals surface area contributed by atoms with Crippen LogP contribution < -0.4 is 5.32 Å². The van der Waals surface area contributed by atoms with Crippen LogP contribution in [0.15, 0.2) is 0 Å². The number of nitrogens with zero attached hydrogens (tertiary/aromatic N) is 1. The van der Waals surface area contributed by atoms with Crippen molar-refractivity contribution in [2.45, 2.75) is 70.8 Å². The van der Waals surface area contributed by atoms with Gasteiger partial charge in [0.1, 0.15) is 0 Å². The van der Waals surface area contributed by atoms with Gasteiger partial charge in [-0.3, -0.25) is 14.5 Å². The van der Waals surface area contributed by atoms with E-state index in [2.05, 4.69) is 12.2 Å². The van der Waals surface area contributed by atoms with Crippen LogP contribution in [-0.4, -0.2) is 36.3 Å². The minimum absolute atomic E-state index is 0.0565. The summed E-state index contributed by atoms with van der Waals surface area (Å²) in [7, 11) is 1.58. The van der Waals surface area contributed by atoms with Gasteiger partial charge in [0.2, 0.25) is 11.8 Å². The largest absolute Gasteiger partial charge is 0.306 e. The molecule has 1 aliphatic rings. The summed E-state index contributed by atoms with van der Waals surface area (Å²) >= 11 is 0. The number of nitrogens with one attached hydrogen (secondary N) is 1. The van der Waals surface area contributed by atoms with Crippen LogP contribution in [0.3, 0.4) is 0 Å². The Balaban J connectivity index is 2.03. The Labute approximate surface area is 116 Å². The molecule has 2 amide bonds. The average Bonchev–Trinajstić information content (AvgIpc) is 2.41. The van der Waals surface area contributed by atoms with Crippen molar-refractivity contribution < 1.29 is 9.59 Å². The third-order valence-electron chi connectivity index (χ3n) is 3.82. The molecule has 0 spiro atoms. The van der Waals surface area contributed by atoms with Crippen molar-refractivity contribution in [3.8, 4) is 0 Å². The summed E-state index contributed by atoms with van der Waals surface area (Å²) in [5, 5.41) is 3.28. The second-order valence-electron chi connectivity index (χ2n) is 5.46. The van der Waals surface area contributed by atoms with Crippen LogP contribution in [-0.2, 0) is 9.59 Å². The van der Waals surface area contributed by atoms with Gasteiger partial charge in [0.15, 0.2) is 0 Å². The number of carbonyl (C=O) groups is 2. The normalized spacial score (nSPS) is 20.1. The minimum Gasteiger partial charge on any atom is -0.306 e. The maximum Gasteiger partial charge on any atom is 0.246 e. The highest BCUT2D eigenvalue weighted by molar-refractivity contribution is 6.00. The lowest BCUT2D eigenvalue weighted by atomic mass is 10.0. The predicted molar refractivity (Wildman–Crippen MR) is 76.8 cm³/mol. The first-order chi connectivity index (χ1) is 9.16. The third-order valence-corrected chi connectivity index (χ3v) is 3.82. The summed E-state index contributed by atoms with van der Waals surface area (Å²) in [5.74, 6) is -0.127. The van der Waals surface area contributed by atoms with Crippen molar-refractivity contribution in [2.24, 2.45) is 0 Å². The van der Waals surface area contributed by atoms with Crippen LogP contribution in [0.2, 0.25) is 0 Å². The van der Waals surface area contributed by atoms with Gasteiger partial charge >= 0.3 is 0 Å². The molecular formula is C15H28N2O2. The van der Waals surface area contributed by atoms with Gasteiger partial charge in [0.05, 0.1) is 6.04 Å². The fraction of sp³-hybridized carbons (Fsp3) is 0.867. The third kappa shape index (κ3) is 5.72. The van der Waals surface area contributed by atoms with Gasteiger partial charge in [-0.05, 0) is 19.4 Å². The number of likely N-dealkylation sites (N-methyl/N-ethyl adjacent to an activating group) is 1. The lowest BCUT2D eigenvalue weighted by Gasteiger charge is -2.28. The number of amides is 2. The summed E-state index contributed by atoms with van der Waals surface area (Å²) in [5.41, 5.74) is 0. The van der Waals surface area contributed by atoms with Crippen molar-refractivity contribution >= 4 is 11.8 Å². The summed E-state index contributed by atoms with van der Waals surface area (Å²) in [6, 6.07) is -0.150. The average molecular weight is 268 g/mol. The molecular weight excluding hydrogens is 240 g/mol. The highest BCUT2D eigenvalue weighted by atomic mass is 16.2. The standard InChI is InChI=1S/C15H28N2O2/c1-3-4-5-6-7-8-9-12-16-13-10-11-14(18)17(2)15(13)19/h13,16H,3-12H2,1-2H3. The van der Waals surface area contributed by atoms with Crippen LogP contribution in [0.5, 0.6) is 0 Å². The van der Waals surface area contributed by atoms with Crippen molar-refractivity contribution in [1.29, 1.82) is 0 Å². The molecule has 0 aromatic heterocycles. The molecule has 0 bridgehead atoms. The molecule has 1 aliphatic heterocycles. The molecule has 110 valence electrons. The summed E-state index contributed by atoms with van der Waals surface area (Å²) < 4.78 is 0. The maximum atomic E-state index is 11.8. The van der Waals surface area contributed by atoms with E-state index in [1.54, 1.807) is 7.05 Å². The Morgan fingerprint density at radius 3 is 2.42 bits per heavy atom. The Morgan fingerprint density at radius 1 is 1.11 bits per heavy atom. The first kappa shape index (κ1) is 16.2. The number of unbranched alkanes of at least 4 members (excludes halogenated alkanes) is 6. The molecule has 1 fully saturated rings. The first-order valence-corrected chi connectivity index (χ1v) is 7.70. The van der Waals surface area contributed by atoms with Crippen molar-refractivity contribution in [3.05, 3.63) is 0 Å². The second-order valence-corrected chi connectivity index (χ2v) is 5.46. The van der Waals surface area contributed by atoms with Crippen LogP contribution in [0.1, 0.15) is 64.7 Å². The van der Waals surface area contributed by atoms with Crippen molar-refractivity contribution in [3.63, 3.8) is 0 Å². The molecule has 0 radical (unpaired) electrons. The van der Waals surface area contributed by atoms with E-state index < -0.39 is 0 Å². The quantitative estimate of drug-likeness (QED) is 0.516. The zero-order valence-electron chi connectivity index (χ0n) is 12.4. The topological polar surface area (TPSA) is 49.4 Å². The fourth-order valence-electron chi connectivity index (χ4n) is 2.46. The van der Waals surface area contributed by atoms with Gasteiger partial charge in [0, 0.05) is 13.5 Å². The molecule has 0 aromatic rings. The molecule has 4 nitrogen and oxygen atoms in total. The first-order valence-electron chi connectivity index (χ1n) is 7.70. The zero-order chi connectivity index (χ0) is 14.1. The number of likely N-dealkylation sites (tertiary alicyclic amines) is 1. The maximum absolute atomic E-state index is 11.8. The fourth-order valence-corrected chi connectivity index (χ4v) is 2.46. The van der Waals surface area contributed by atoms with Crippen LogP contribution in [0, 0.1) is 0 Å². The van der Waals surface area contributed by atoms with Gasteiger partial charge in [-0.25, -0.2) is 0 Å². The Hall–Kier alpha value is -0.900. The number of hydrogen-bond acceptors (Lipinski definition) is 3. The van der Waals surface area contributed by atoms with E-state index in [0.29, 0.717) is 12.8 Å². The molecule has 4 heteroatoms. The number of carbonyl (C=O) groups excluding carboxylic acids is 2. The molecule has 1 saturated heterocycles. The number of hydrogen-bond donors (Lipinski definition) is 1. The van der Waals surface area contributed by atoms with E-state index in [9.17, 15) is 9.59 Å². The summed E-state index contributed by atoms with van der Waals surface area (Å²) in [6.07, 6.45) is 10.1. The van der Waals surface area contributed by atoms with Gasteiger partial charge in [-0.15, -0.1) is 0 Å². The zero-order valence-corrected chi connectivity index (χ0v) is 12.4. The monoisotopic (exact) mass is 268 g/mol. The molecule has 1 N–H and O–H groups in total. The van der Waals surface area contributed by atoms with E-state index >= 15 is 0 Å². The summed E-state index contributed by atoms with van der Waals surface area (Å²) in [4.78, 5) is 24.4. The SMILES string of the molecule is CCCCCCCCCNC1CCC(=O)N(C)C1=O. The molecule has 1 rings (SSSR count). The predicted octanol–water partition coefficient (Wildman–Crippen LogP) is 2.47. The Morgan fingerprint density at radius 2 is 1.74 bits per heavy atom. The van der Waals surface area contributed by atoms with Crippen LogP contribution in [0.25, 0.3) is 0 Å². The van der Waals surface area contributed by atoms with Crippen LogP contribution >= 0.6 is 0 Å². The number of piperidine rings is 1. The Kier molecular flexibility index (Phi) is 7.72. The lowest BCUT2D eigenvalue weighted by Crippen LogP contribution is -2.51. The smallest absolute Gasteiger partial charge is 0.246 e. The number of imide groups is 1. The lowest BCUT2D eigenvalue weighted by molar-refractivity contribution is -0.148. The van der Waals surface area contributed by atoms with Gasteiger partial charge in [0.25, 0.3) is 0 Å². The molecule has 0 aliphatic carbocycles. The second kappa shape index (κ2) is 9.08. The van der Waals surface area contributed by atoms with Crippen molar-refractivity contribution in [1.82, 2.24) is 10.2 Å². The molecule has 0 saturated carbocycles. The molecule has 0 aromatic carbocycles. The molecule has 19 heavy (non-hydrogen) atoms. The van der Waals surface area contributed by atoms with Crippen LogP contribution in [0.4, 0.5) is 0 Å². The van der Waals surface area contributed by atoms with Crippen molar-refractivity contribution in [2.75, 3.05) is 13.6 Å². The molecule has 1 heterocycles. The van der Waals surface area contributed by atoms with E-state index in [1.807, 2.05) is 0 Å². The van der Waals surface area contributed by atoms with E-state index in [0.717, 1.165) is 13.0 Å². The number of rotatable bonds is 9. The van der Waals surface area contributed by atoms with Gasteiger partial charge < -0.3 is 5.32 Å². The molecule has 1 unspecified atom stereocenters. The van der Waals surface area contributed by atoms with Gasteiger partial charge in [-0.1, -0.05) is 45.4 Å². The Bertz CT molecular complexity index is 292. The summed E-state index contributed by atoms with van der Waals surface area (Å²) in [6.45, 7) is 3.11. The highest BCUT2D eigenvalue weighted by Gasteiger charge is 2.30. The minimum atomic E-state index is -0.150.